The molecule has 0 aliphatic heterocycles. The van der Waals surface area contributed by atoms with Crippen molar-refractivity contribution in [3.63, 3.8) is 0 Å². The molecule has 3 N–H and O–H groups in total. The molecule has 1 unspecified atom stereocenters. The fourth-order valence-corrected chi connectivity index (χ4v) is 3.17. The SMILES string of the molecule is CC1(C)C(C(NN)c2ccccc2F)C1(C)C. The Bertz CT molecular complexity index is 412. The predicted molar refractivity (Wildman–Crippen MR) is 67.5 cm³/mol. The molecule has 3 heteroatoms. The number of rotatable bonds is 3. The standard InChI is InChI=1S/C14H21FN2/c1-13(2)12(14(13,3)4)11(17-16)9-7-5-6-8-10(9)15/h5-8,11-12,17H,16H2,1-4H3. The lowest BCUT2D eigenvalue weighted by Crippen LogP contribution is -2.32. The third-order valence-electron chi connectivity index (χ3n) is 4.89. The van der Waals surface area contributed by atoms with Gasteiger partial charge in [0.05, 0.1) is 6.04 Å². The summed E-state index contributed by atoms with van der Waals surface area (Å²) in [6.07, 6.45) is 0. The van der Waals surface area contributed by atoms with E-state index in [9.17, 15) is 4.39 Å². The lowest BCUT2D eigenvalue weighted by molar-refractivity contribution is 0.403. The van der Waals surface area contributed by atoms with Gasteiger partial charge < -0.3 is 0 Å². The first kappa shape index (κ1) is 12.5. The van der Waals surface area contributed by atoms with E-state index in [4.69, 9.17) is 5.84 Å². The van der Waals surface area contributed by atoms with Gasteiger partial charge in [-0.3, -0.25) is 11.3 Å². The second-order valence-electron chi connectivity index (χ2n) is 6.09. The zero-order valence-corrected chi connectivity index (χ0v) is 10.9. The molecule has 0 bridgehead atoms. The Hall–Kier alpha value is -0.930. The molecule has 0 aromatic heterocycles. The Balaban J connectivity index is 2.35. The van der Waals surface area contributed by atoms with Gasteiger partial charge in [-0.15, -0.1) is 0 Å². The van der Waals surface area contributed by atoms with E-state index in [-0.39, 0.29) is 22.7 Å². The molecule has 1 saturated carbocycles. The summed E-state index contributed by atoms with van der Waals surface area (Å²) < 4.78 is 13.8. The third-order valence-corrected chi connectivity index (χ3v) is 4.89. The van der Waals surface area contributed by atoms with Crippen LogP contribution in [0.25, 0.3) is 0 Å². The van der Waals surface area contributed by atoms with Crippen molar-refractivity contribution in [2.75, 3.05) is 0 Å². The molecule has 1 aliphatic carbocycles. The highest BCUT2D eigenvalue weighted by Crippen LogP contribution is 2.72. The maximum atomic E-state index is 13.8. The Morgan fingerprint density at radius 1 is 1.18 bits per heavy atom. The molecule has 0 radical (unpaired) electrons. The number of halogens is 1. The molecule has 1 aromatic rings. The molecule has 0 saturated heterocycles. The molecule has 1 fully saturated rings. The lowest BCUT2D eigenvalue weighted by Gasteiger charge is -2.19. The zero-order chi connectivity index (χ0) is 12.8. The molecular weight excluding hydrogens is 215 g/mol. The van der Waals surface area contributed by atoms with Crippen molar-refractivity contribution < 1.29 is 4.39 Å². The van der Waals surface area contributed by atoms with Gasteiger partial charge in [-0.05, 0) is 22.8 Å². The molecule has 94 valence electrons. The fraction of sp³-hybridized carbons (Fsp3) is 0.571. The summed E-state index contributed by atoms with van der Waals surface area (Å²) in [6, 6.07) is 6.73. The Labute approximate surface area is 102 Å². The number of hydrazine groups is 1. The van der Waals surface area contributed by atoms with Crippen LogP contribution in [0.1, 0.15) is 39.3 Å². The molecule has 0 heterocycles. The number of hydrogen-bond acceptors (Lipinski definition) is 2. The predicted octanol–water partition coefficient (Wildman–Crippen LogP) is 3.01. The van der Waals surface area contributed by atoms with E-state index < -0.39 is 0 Å². The van der Waals surface area contributed by atoms with Gasteiger partial charge in [0, 0.05) is 5.56 Å². The Morgan fingerprint density at radius 2 is 1.71 bits per heavy atom. The number of hydrogen-bond donors (Lipinski definition) is 2. The second-order valence-corrected chi connectivity index (χ2v) is 6.09. The summed E-state index contributed by atoms with van der Waals surface area (Å²) >= 11 is 0. The van der Waals surface area contributed by atoms with Crippen molar-refractivity contribution in [1.82, 2.24) is 5.43 Å². The highest BCUT2D eigenvalue weighted by molar-refractivity contribution is 5.28. The monoisotopic (exact) mass is 236 g/mol. The molecule has 0 spiro atoms. The zero-order valence-electron chi connectivity index (χ0n) is 10.9. The third kappa shape index (κ3) is 1.69. The van der Waals surface area contributed by atoms with Crippen LogP contribution in [0.5, 0.6) is 0 Å². The molecule has 2 nitrogen and oxygen atoms in total. The van der Waals surface area contributed by atoms with Crippen LogP contribution in [-0.2, 0) is 0 Å². The van der Waals surface area contributed by atoms with Gasteiger partial charge in [0.25, 0.3) is 0 Å². The fourth-order valence-electron chi connectivity index (χ4n) is 3.17. The highest BCUT2D eigenvalue weighted by atomic mass is 19.1. The smallest absolute Gasteiger partial charge is 0.128 e. The first-order valence-electron chi connectivity index (χ1n) is 6.04. The van der Waals surface area contributed by atoms with Crippen LogP contribution >= 0.6 is 0 Å². The van der Waals surface area contributed by atoms with Crippen molar-refractivity contribution in [2.45, 2.75) is 33.7 Å². The Kier molecular flexibility index (Phi) is 2.79. The summed E-state index contributed by atoms with van der Waals surface area (Å²) in [5.41, 5.74) is 3.80. The molecule has 1 aromatic carbocycles. The van der Waals surface area contributed by atoms with E-state index >= 15 is 0 Å². The van der Waals surface area contributed by atoms with Crippen LogP contribution in [-0.4, -0.2) is 0 Å². The van der Waals surface area contributed by atoms with E-state index in [0.717, 1.165) is 0 Å². The molecule has 0 amide bonds. The number of nitrogens with one attached hydrogen (secondary N) is 1. The van der Waals surface area contributed by atoms with Gasteiger partial charge in [0.1, 0.15) is 5.82 Å². The van der Waals surface area contributed by atoms with E-state index in [1.54, 1.807) is 6.07 Å². The van der Waals surface area contributed by atoms with Crippen molar-refractivity contribution in [3.8, 4) is 0 Å². The first-order chi connectivity index (χ1) is 7.84. The minimum Gasteiger partial charge on any atom is -0.271 e. The van der Waals surface area contributed by atoms with Gasteiger partial charge in [-0.2, -0.15) is 0 Å². The van der Waals surface area contributed by atoms with Crippen LogP contribution in [0, 0.1) is 22.6 Å². The average Bonchev–Trinajstić information content (AvgIpc) is 2.64. The van der Waals surface area contributed by atoms with Gasteiger partial charge in [-0.1, -0.05) is 45.9 Å². The van der Waals surface area contributed by atoms with Gasteiger partial charge >= 0.3 is 0 Å². The van der Waals surface area contributed by atoms with E-state index in [0.29, 0.717) is 11.5 Å². The maximum absolute atomic E-state index is 13.8. The highest BCUT2D eigenvalue weighted by Gasteiger charge is 2.67. The minimum absolute atomic E-state index is 0.124. The van der Waals surface area contributed by atoms with Crippen LogP contribution in [0.2, 0.25) is 0 Å². The summed E-state index contributed by atoms with van der Waals surface area (Å²) in [4.78, 5) is 0. The van der Waals surface area contributed by atoms with Crippen molar-refractivity contribution >= 4 is 0 Å². The number of benzene rings is 1. The first-order valence-corrected chi connectivity index (χ1v) is 6.04. The van der Waals surface area contributed by atoms with E-state index in [1.807, 2.05) is 12.1 Å². The van der Waals surface area contributed by atoms with Crippen molar-refractivity contribution in [2.24, 2.45) is 22.6 Å². The van der Waals surface area contributed by atoms with E-state index in [2.05, 4.69) is 33.1 Å². The van der Waals surface area contributed by atoms with Gasteiger partial charge in [-0.25, -0.2) is 4.39 Å². The molecule has 1 atom stereocenters. The molecule has 17 heavy (non-hydrogen) atoms. The van der Waals surface area contributed by atoms with Crippen molar-refractivity contribution in [1.29, 1.82) is 0 Å². The van der Waals surface area contributed by atoms with Crippen LogP contribution in [0.4, 0.5) is 4.39 Å². The van der Waals surface area contributed by atoms with Crippen molar-refractivity contribution in [3.05, 3.63) is 35.6 Å². The van der Waals surface area contributed by atoms with E-state index in [1.165, 1.54) is 6.07 Å². The summed E-state index contributed by atoms with van der Waals surface area (Å²) in [6.45, 7) is 8.84. The summed E-state index contributed by atoms with van der Waals surface area (Å²) in [5.74, 6) is 5.80. The minimum atomic E-state index is -0.186. The summed E-state index contributed by atoms with van der Waals surface area (Å²) in [7, 11) is 0. The average molecular weight is 236 g/mol. The largest absolute Gasteiger partial charge is 0.271 e. The molecule has 2 rings (SSSR count). The van der Waals surface area contributed by atoms with Crippen LogP contribution in [0.15, 0.2) is 24.3 Å². The quantitative estimate of drug-likeness (QED) is 0.625. The van der Waals surface area contributed by atoms with Crippen LogP contribution < -0.4 is 11.3 Å². The Morgan fingerprint density at radius 3 is 2.12 bits per heavy atom. The normalized spacial score (nSPS) is 23.4. The number of nitrogens with two attached hydrogens (primary N) is 1. The van der Waals surface area contributed by atoms with Gasteiger partial charge in [0.15, 0.2) is 0 Å². The van der Waals surface area contributed by atoms with Crippen LogP contribution in [0.3, 0.4) is 0 Å². The molecule has 1 aliphatic rings. The topological polar surface area (TPSA) is 38.0 Å². The maximum Gasteiger partial charge on any atom is 0.128 e. The lowest BCUT2D eigenvalue weighted by atomic mass is 9.97. The molecular formula is C14H21FN2. The summed E-state index contributed by atoms with van der Waals surface area (Å²) in [5, 5.41) is 0. The van der Waals surface area contributed by atoms with Gasteiger partial charge in [0.2, 0.25) is 0 Å². The second kappa shape index (κ2) is 3.79.